The average molecular weight is 270 g/mol. The highest BCUT2D eigenvalue weighted by atomic mass is 79.9. The van der Waals surface area contributed by atoms with Crippen molar-refractivity contribution in [2.45, 2.75) is 6.61 Å². The molecule has 0 bridgehead atoms. The maximum Gasteiger partial charge on any atom is 0.226 e. The number of H-pyrrole nitrogens is 1. The lowest BCUT2D eigenvalue weighted by Crippen LogP contribution is -2.24. The minimum Gasteiger partial charge on any atom is -0.395 e. The number of nitrogens with two attached hydrogens (primary N) is 1. The number of aromatic amines is 1. The van der Waals surface area contributed by atoms with Crippen LogP contribution in [0.15, 0.2) is 16.4 Å². The van der Waals surface area contributed by atoms with E-state index in [1.165, 1.54) is 6.20 Å². The molecule has 1 heterocycles. The predicted octanol–water partition coefficient (Wildman–Crippen LogP) is 0.636. The Morgan fingerprint density at radius 2 is 2.27 bits per heavy atom. The molecule has 2 rings (SSSR count). The number of Topliss-reactive ketones (excluding diaryl/α,β-unsaturated/α-hetero) is 1. The maximum absolute atomic E-state index is 11.7. The zero-order chi connectivity index (χ0) is 11.2. The normalized spacial score (nSPS) is 15.9. The largest absolute Gasteiger partial charge is 0.395 e. The van der Waals surface area contributed by atoms with Gasteiger partial charge in [0.1, 0.15) is 0 Å². The molecule has 5 N–H and O–H groups in total. The van der Waals surface area contributed by atoms with Gasteiger partial charge in [-0.05, 0) is 15.9 Å². The number of aliphatic hydroxyl groups excluding tert-OH is 1. The highest BCUT2D eigenvalue weighted by Crippen LogP contribution is 2.29. The van der Waals surface area contributed by atoms with Gasteiger partial charge in [-0.3, -0.25) is 10.2 Å². The SMILES string of the molecule is N=C1C(Br)=C(N)C(=O)c2[nH]cc(CO)c21. The summed E-state index contributed by atoms with van der Waals surface area (Å²) in [5, 5.41) is 16.8. The number of hydrogen-bond donors (Lipinski definition) is 4. The molecule has 15 heavy (non-hydrogen) atoms. The Bertz CT molecular complexity index is 501. The summed E-state index contributed by atoms with van der Waals surface area (Å²) >= 11 is 3.09. The Morgan fingerprint density at radius 1 is 1.60 bits per heavy atom. The van der Waals surface area contributed by atoms with Crippen molar-refractivity contribution < 1.29 is 9.90 Å². The van der Waals surface area contributed by atoms with Crippen molar-refractivity contribution in [1.29, 1.82) is 5.41 Å². The third-order valence-electron chi connectivity index (χ3n) is 2.31. The van der Waals surface area contributed by atoms with Crippen LogP contribution in [-0.4, -0.2) is 21.6 Å². The van der Waals surface area contributed by atoms with Gasteiger partial charge < -0.3 is 15.8 Å². The number of allylic oxidation sites excluding steroid dienone is 2. The van der Waals surface area contributed by atoms with E-state index in [1.807, 2.05) is 0 Å². The Labute approximate surface area is 93.6 Å². The number of rotatable bonds is 1. The summed E-state index contributed by atoms with van der Waals surface area (Å²) in [6, 6.07) is 0. The second-order valence-electron chi connectivity index (χ2n) is 3.15. The standard InChI is InChI=1S/C9H8BrN3O2/c10-5-6(11)4-3(2-14)1-13-8(4)9(15)7(5)12/h1,11,13-14H,2,12H2. The van der Waals surface area contributed by atoms with Gasteiger partial charge in [-0.25, -0.2) is 0 Å². The van der Waals surface area contributed by atoms with Crippen molar-refractivity contribution >= 4 is 27.4 Å². The van der Waals surface area contributed by atoms with E-state index >= 15 is 0 Å². The van der Waals surface area contributed by atoms with Crippen molar-refractivity contribution in [3.05, 3.63) is 33.2 Å². The zero-order valence-corrected chi connectivity index (χ0v) is 9.18. The van der Waals surface area contributed by atoms with Gasteiger partial charge in [0.2, 0.25) is 5.78 Å². The smallest absolute Gasteiger partial charge is 0.226 e. The highest BCUT2D eigenvalue weighted by Gasteiger charge is 2.30. The van der Waals surface area contributed by atoms with Crippen molar-refractivity contribution in [3.63, 3.8) is 0 Å². The number of halogens is 1. The quantitative estimate of drug-likeness (QED) is 0.602. The zero-order valence-electron chi connectivity index (χ0n) is 7.60. The monoisotopic (exact) mass is 269 g/mol. The number of aromatic nitrogens is 1. The summed E-state index contributed by atoms with van der Waals surface area (Å²) in [6.07, 6.45) is 1.51. The fraction of sp³-hybridized carbons (Fsp3) is 0.111. The Balaban J connectivity index is 2.70. The highest BCUT2D eigenvalue weighted by molar-refractivity contribution is 9.12. The van der Waals surface area contributed by atoms with Crippen molar-refractivity contribution in [1.82, 2.24) is 4.98 Å². The summed E-state index contributed by atoms with van der Waals surface area (Å²) < 4.78 is 0.272. The molecule has 5 nitrogen and oxygen atoms in total. The molecule has 6 heteroatoms. The number of nitrogens with one attached hydrogen (secondary N) is 2. The van der Waals surface area contributed by atoms with Crippen LogP contribution in [0.25, 0.3) is 0 Å². The number of carbonyl (C=O) groups is 1. The Hall–Kier alpha value is -1.40. The molecule has 0 radical (unpaired) electrons. The van der Waals surface area contributed by atoms with Crippen LogP contribution in [0.4, 0.5) is 0 Å². The van der Waals surface area contributed by atoms with Gasteiger partial charge in [-0.15, -0.1) is 0 Å². The van der Waals surface area contributed by atoms with Gasteiger partial charge in [0.15, 0.2) is 0 Å². The first-order chi connectivity index (χ1) is 7.07. The van der Waals surface area contributed by atoms with Gasteiger partial charge in [0, 0.05) is 17.3 Å². The lowest BCUT2D eigenvalue weighted by Gasteiger charge is -2.14. The summed E-state index contributed by atoms with van der Waals surface area (Å²) in [4.78, 5) is 14.4. The summed E-state index contributed by atoms with van der Waals surface area (Å²) in [7, 11) is 0. The molecule has 0 aromatic carbocycles. The number of aliphatic hydroxyl groups is 1. The van der Waals surface area contributed by atoms with Crippen LogP contribution in [-0.2, 0) is 6.61 Å². The van der Waals surface area contributed by atoms with Crippen LogP contribution in [0.1, 0.15) is 21.6 Å². The van der Waals surface area contributed by atoms with E-state index in [4.69, 9.17) is 16.2 Å². The maximum atomic E-state index is 11.7. The molecule has 0 unspecified atom stereocenters. The van der Waals surface area contributed by atoms with E-state index in [1.54, 1.807) is 0 Å². The predicted molar refractivity (Wildman–Crippen MR) is 58.0 cm³/mol. The molecule has 1 aromatic rings. The van der Waals surface area contributed by atoms with Gasteiger partial charge in [-0.1, -0.05) is 0 Å². The second-order valence-corrected chi connectivity index (χ2v) is 3.95. The van der Waals surface area contributed by atoms with Gasteiger partial charge in [0.25, 0.3) is 0 Å². The van der Waals surface area contributed by atoms with Crippen molar-refractivity contribution in [3.8, 4) is 0 Å². The number of ketones is 1. The molecule has 0 spiro atoms. The van der Waals surface area contributed by atoms with Crippen molar-refractivity contribution in [2.75, 3.05) is 0 Å². The molecule has 0 saturated carbocycles. The average Bonchev–Trinajstić information content (AvgIpc) is 2.67. The number of hydrogen-bond acceptors (Lipinski definition) is 4. The van der Waals surface area contributed by atoms with Gasteiger partial charge in [-0.2, -0.15) is 0 Å². The molecule has 0 saturated heterocycles. The van der Waals surface area contributed by atoms with E-state index in [-0.39, 0.29) is 34.0 Å². The molecular weight excluding hydrogens is 262 g/mol. The lowest BCUT2D eigenvalue weighted by molar-refractivity contribution is 0.102. The van der Waals surface area contributed by atoms with Crippen LogP contribution in [0, 0.1) is 5.41 Å². The van der Waals surface area contributed by atoms with Crippen molar-refractivity contribution in [2.24, 2.45) is 5.73 Å². The minimum absolute atomic E-state index is 0.0128. The second kappa shape index (κ2) is 3.32. The first-order valence-electron chi connectivity index (χ1n) is 4.18. The van der Waals surface area contributed by atoms with Crippen LogP contribution in [0.2, 0.25) is 0 Å². The molecule has 0 fully saturated rings. The topological polar surface area (TPSA) is 103 Å². The van der Waals surface area contributed by atoms with Crippen LogP contribution in [0.3, 0.4) is 0 Å². The van der Waals surface area contributed by atoms with E-state index in [0.717, 1.165) is 0 Å². The lowest BCUT2D eigenvalue weighted by atomic mass is 9.96. The van der Waals surface area contributed by atoms with Gasteiger partial charge in [0.05, 0.1) is 28.2 Å². The first-order valence-corrected chi connectivity index (χ1v) is 4.97. The number of carbonyl (C=O) groups excluding carboxylic acids is 1. The third kappa shape index (κ3) is 1.25. The summed E-state index contributed by atoms with van der Waals surface area (Å²) in [5.41, 5.74) is 6.88. The van der Waals surface area contributed by atoms with E-state index in [9.17, 15) is 4.79 Å². The van der Waals surface area contributed by atoms with Crippen LogP contribution >= 0.6 is 15.9 Å². The Morgan fingerprint density at radius 3 is 2.87 bits per heavy atom. The van der Waals surface area contributed by atoms with Crippen LogP contribution in [0.5, 0.6) is 0 Å². The minimum atomic E-state index is -0.354. The fourth-order valence-corrected chi connectivity index (χ4v) is 1.91. The molecule has 78 valence electrons. The molecule has 1 aromatic heterocycles. The van der Waals surface area contributed by atoms with Crippen LogP contribution < -0.4 is 5.73 Å². The molecule has 1 aliphatic carbocycles. The number of fused-ring (bicyclic) bond motifs is 1. The first kappa shape index (κ1) is 10.1. The molecule has 1 aliphatic rings. The Kier molecular flexibility index (Phi) is 2.24. The summed E-state index contributed by atoms with van der Waals surface area (Å²) in [5.74, 6) is -0.354. The molecule has 0 amide bonds. The molecular formula is C9H8BrN3O2. The molecule has 0 atom stereocenters. The molecule has 0 aliphatic heterocycles. The third-order valence-corrected chi connectivity index (χ3v) is 3.13. The van der Waals surface area contributed by atoms with E-state index in [2.05, 4.69) is 20.9 Å². The summed E-state index contributed by atoms with van der Waals surface area (Å²) in [6.45, 7) is -0.221. The van der Waals surface area contributed by atoms with E-state index in [0.29, 0.717) is 11.1 Å². The van der Waals surface area contributed by atoms with E-state index < -0.39 is 0 Å². The van der Waals surface area contributed by atoms with Gasteiger partial charge >= 0.3 is 0 Å². The fourth-order valence-electron chi connectivity index (χ4n) is 1.53.